The first-order valence-corrected chi connectivity index (χ1v) is 26.6. The van der Waals surface area contributed by atoms with Crippen molar-refractivity contribution in [1.82, 2.24) is 0 Å². The molecule has 0 aliphatic carbocycles. The van der Waals surface area contributed by atoms with Gasteiger partial charge in [0, 0.05) is 19.3 Å². The fourth-order valence-corrected chi connectivity index (χ4v) is 7.19. The number of hydrogen-bond donors (Lipinski definition) is 0. The van der Waals surface area contributed by atoms with Crippen LogP contribution in [0.25, 0.3) is 0 Å². The number of esters is 3. The first kappa shape index (κ1) is 60.6. The van der Waals surface area contributed by atoms with Gasteiger partial charge in [0.15, 0.2) is 6.10 Å². The lowest BCUT2D eigenvalue weighted by Crippen LogP contribution is -2.30. The summed E-state index contributed by atoms with van der Waals surface area (Å²) in [4.78, 5) is 38.0. The molecule has 6 heteroatoms. The van der Waals surface area contributed by atoms with E-state index in [2.05, 4.69) is 106 Å². The van der Waals surface area contributed by atoms with Gasteiger partial charge in [0.1, 0.15) is 13.2 Å². The maximum absolute atomic E-state index is 12.8. The van der Waals surface area contributed by atoms with Gasteiger partial charge in [-0.25, -0.2) is 0 Å². The van der Waals surface area contributed by atoms with E-state index in [1.54, 1.807) is 0 Å². The second kappa shape index (κ2) is 52.2. The van der Waals surface area contributed by atoms with Crippen molar-refractivity contribution in [2.24, 2.45) is 0 Å². The minimum Gasteiger partial charge on any atom is -0.462 e. The molecule has 0 bridgehead atoms. The quantitative estimate of drug-likeness (QED) is 0.0199. The van der Waals surface area contributed by atoms with E-state index in [0.29, 0.717) is 19.3 Å². The Morgan fingerprint density at radius 3 is 1.05 bits per heavy atom. The molecule has 0 radical (unpaired) electrons. The highest BCUT2D eigenvalue weighted by Crippen LogP contribution is 2.14. The minimum absolute atomic E-state index is 0.0956. The summed E-state index contributed by atoms with van der Waals surface area (Å²) in [6.45, 7) is 6.38. The second-order valence-corrected chi connectivity index (χ2v) is 17.4. The summed E-state index contributed by atoms with van der Waals surface area (Å²) >= 11 is 0. The number of carbonyl (C=O) groups excluding carboxylic acids is 3. The number of unbranched alkanes of at least 4 members (excludes halogenated alkanes) is 23. The van der Waals surface area contributed by atoms with Crippen molar-refractivity contribution in [2.45, 2.75) is 252 Å². The second-order valence-electron chi connectivity index (χ2n) is 17.4. The van der Waals surface area contributed by atoms with Gasteiger partial charge in [0.05, 0.1) is 0 Å². The standard InChI is InChI=1S/C58H98O6/c1-4-7-10-13-16-19-22-25-28-29-30-31-34-36-39-42-45-48-51-57(60)63-54-55(64-58(61)52-49-46-43-40-37-33-27-24-21-18-15-12-9-6-3)53-62-56(59)50-47-44-41-38-35-32-26-23-20-17-14-11-8-5-2/h8-9,11-12,17-18,20-21,27-31,33,55H,4-7,10,13-16,19,22-26,32,34-54H2,1-3H3/b11-8-,12-9-,20-17-,21-18-,29-28-,31-30-,33-27-. The van der Waals surface area contributed by atoms with E-state index in [1.165, 1.54) is 77.0 Å². The van der Waals surface area contributed by atoms with Gasteiger partial charge in [-0.1, -0.05) is 209 Å². The monoisotopic (exact) mass is 891 g/mol. The Kier molecular flexibility index (Phi) is 49.4. The summed E-state index contributed by atoms with van der Waals surface area (Å²) in [6.07, 6.45) is 67.1. The van der Waals surface area contributed by atoms with Gasteiger partial charge in [-0.05, 0) is 103 Å². The van der Waals surface area contributed by atoms with Crippen LogP contribution in [0.2, 0.25) is 0 Å². The maximum atomic E-state index is 12.8. The Balaban J connectivity index is 4.44. The molecule has 0 aromatic rings. The molecule has 0 saturated heterocycles. The highest BCUT2D eigenvalue weighted by Gasteiger charge is 2.19. The van der Waals surface area contributed by atoms with Gasteiger partial charge in [0.2, 0.25) is 0 Å². The molecule has 0 aliphatic rings. The molecule has 1 unspecified atom stereocenters. The van der Waals surface area contributed by atoms with Crippen molar-refractivity contribution in [3.63, 3.8) is 0 Å². The Morgan fingerprint density at radius 2 is 0.656 bits per heavy atom. The smallest absolute Gasteiger partial charge is 0.306 e. The summed E-state index contributed by atoms with van der Waals surface area (Å²) in [6, 6.07) is 0. The Labute approximate surface area is 395 Å². The highest BCUT2D eigenvalue weighted by atomic mass is 16.6. The fraction of sp³-hybridized carbons (Fsp3) is 0.707. The zero-order chi connectivity index (χ0) is 46.5. The van der Waals surface area contributed by atoms with Crippen LogP contribution in [0.15, 0.2) is 85.1 Å². The van der Waals surface area contributed by atoms with Crippen LogP contribution in [0.5, 0.6) is 0 Å². The third-order valence-electron chi connectivity index (χ3n) is 11.1. The first-order chi connectivity index (χ1) is 31.5. The molecule has 0 aromatic carbocycles. The Morgan fingerprint density at radius 1 is 0.344 bits per heavy atom. The number of ether oxygens (including phenoxy) is 3. The van der Waals surface area contributed by atoms with Crippen molar-refractivity contribution >= 4 is 17.9 Å². The molecule has 0 heterocycles. The lowest BCUT2D eigenvalue weighted by atomic mass is 10.1. The van der Waals surface area contributed by atoms with Crippen LogP contribution in [-0.4, -0.2) is 37.2 Å². The van der Waals surface area contributed by atoms with E-state index in [4.69, 9.17) is 14.2 Å². The van der Waals surface area contributed by atoms with Crippen molar-refractivity contribution in [1.29, 1.82) is 0 Å². The summed E-state index contributed by atoms with van der Waals surface area (Å²) in [5, 5.41) is 0. The van der Waals surface area contributed by atoms with Crippen LogP contribution < -0.4 is 0 Å². The number of carbonyl (C=O) groups is 3. The van der Waals surface area contributed by atoms with Crippen LogP contribution in [0.1, 0.15) is 245 Å². The van der Waals surface area contributed by atoms with Gasteiger partial charge >= 0.3 is 17.9 Å². The van der Waals surface area contributed by atoms with Gasteiger partial charge in [-0.2, -0.15) is 0 Å². The van der Waals surface area contributed by atoms with E-state index in [9.17, 15) is 14.4 Å². The summed E-state index contributed by atoms with van der Waals surface area (Å²) in [7, 11) is 0. The number of hydrogen-bond acceptors (Lipinski definition) is 6. The van der Waals surface area contributed by atoms with Crippen LogP contribution in [0, 0.1) is 0 Å². The average Bonchev–Trinajstić information content (AvgIpc) is 3.29. The molecule has 0 rings (SSSR count). The lowest BCUT2D eigenvalue weighted by Gasteiger charge is -2.18. The van der Waals surface area contributed by atoms with Crippen molar-refractivity contribution < 1.29 is 28.6 Å². The first-order valence-electron chi connectivity index (χ1n) is 26.6. The topological polar surface area (TPSA) is 78.9 Å². The molecular formula is C58H98O6. The Hall–Kier alpha value is -3.41. The predicted molar refractivity (Wildman–Crippen MR) is 274 cm³/mol. The molecule has 366 valence electrons. The van der Waals surface area contributed by atoms with Crippen LogP contribution in [0.4, 0.5) is 0 Å². The largest absolute Gasteiger partial charge is 0.462 e. The van der Waals surface area contributed by atoms with Crippen LogP contribution >= 0.6 is 0 Å². The molecule has 64 heavy (non-hydrogen) atoms. The molecule has 0 spiro atoms. The molecule has 0 N–H and O–H groups in total. The van der Waals surface area contributed by atoms with Crippen LogP contribution in [0.3, 0.4) is 0 Å². The molecule has 1 atom stereocenters. The van der Waals surface area contributed by atoms with Gasteiger partial charge in [-0.3, -0.25) is 14.4 Å². The van der Waals surface area contributed by atoms with Gasteiger partial charge in [-0.15, -0.1) is 0 Å². The van der Waals surface area contributed by atoms with E-state index in [1.807, 2.05) is 0 Å². The summed E-state index contributed by atoms with van der Waals surface area (Å²) in [5.74, 6) is -0.941. The molecule has 6 nitrogen and oxygen atoms in total. The zero-order valence-electron chi connectivity index (χ0n) is 41.8. The van der Waals surface area contributed by atoms with Crippen LogP contribution in [-0.2, 0) is 28.6 Å². The number of rotatable bonds is 47. The third kappa shape index (κ3) is 49.6. The van der Waals surface area contributed by atoms with E-state index in [-0.39, 0.29) is 31.1 Å². The molecule has 0 saturated carbocycles. The Bertz CT molecular complexity index is 1250. The zero-order valence-corrected chi connectivity index (χ0v) is 41.8. The number of allylic oxidation sites excluding steroid dienone is 14. The maximum Gasteiger partial charge on any atom is 0.306 e. The molecule has 0 aliphatic heterocycles. The predicted octanol–water partition coefficient (Wildman–Crippen LogP) is 17.6. The van der Waals surface area contributed by atoms with Crippen molar-refractivity contribution in [2.75, 3.05) is 13.2 Å². The SMILES string of the molecule is CC/C=C\C/C=C\C/C=C\CCCCCCC(=O)OC(COC(=O)CCCCCCC/C=C\C=C/CCCCCCCCC)COC(=O)CCCCCCCCC/C=C\C/C=C\CC. The van der Waals surface area contributed by atoms with Crippen molar-refractivity contribution in [3.05, 3.63) is 85.1 Å². The molecule has 0 amide bonds. The highest BCUT2D eigenvalue weighted by molar-refractivity contribution is 5.71. The van der Waals surface area contributed by atoms with E-state index < -0.39 is 6.10 Å². The summed E-state index contributed by atoms with van der Waals surface area (Å²) in [5.41, 5.74) is 0. The average molecular weight is 891 g/mol. The molecular weight excluding hydrogens is 793 g/mol. The summed E-state index contributed by atoms with van der Waals surface area (Å²) < 4.78 is 16.8. The lowest BCUT2D eigenvalue weighted by molar-refractivity contribution is -0.167. The molecule has 0 aromatic heterocycles. The van der Waals surface area contributed by atoms with E-state index >= 15 is 0 Å². The fourth-order valence-electron chi connectivity index (χ4n) is 7.19. The minimum atomic E-state index is -0.798. The van der Waals surface area contributed by atoms with E-state index in [0.717, 1.165) is 128 Å². The third-order valence-corrected chi connectivity index (χ3v) is 11.1. The van der Waals surface area contributed by atoms with Gasteiger partial charge in [0.25, 0.3) is 0 Å². The molecule has 0 fully saturated rings. The van der Waals surface area contributed by atoms with Gasteiger partial charge < -0.3 is 14.2 Å². The normalized spacial score (nSPS) is 12.7. The van der Waals surface area contributed by atoms with Crippen molar-refractivity contribution in [3.8, 4) is 0 Å².